The van der Waals surface area contributed by atoms with E-state index >= 15 is 0 Å². The lowest BCUT2D eigenvalue weighted by Crippen LogP contribution is -2.54. The molecule has 0 bridgehead atoms. The molecule has 0 radical (unpaired) electrons. The Labute approximate surface area is 341 Å². The number of hydrogen-bond acceptors (Lipinski definition) is 11. The SMILES string of the molecule is C[C@@H]1CN([C@H]2Cc3c(C#N)cc(Cl)cc3[C@@H]2Oc2ccc(S(=O)(=O)N[C@H]3CCN(C(=O)CC(NC(=O)NCCCCNC(=O)NCC(N)=O)C(N)=O)C3)cc2)CCN1. The van der Waals surface area contributed by atoms with E-state index in [9.17, 15) is 37.7 Å². The van der Waals surface area contributed by atoms with Crippen molar-refractivity contribution in [2.45, 2.75) is 74.2 Å². The fourth-order valence-corrected chi connectivity index (χ4v) is 8.81. The van der Waals surface area contributed by atoms with Gasteiger partial charge in [0, 0.05) is 62.9 Å². The highest BCUT2D eigenvalue weighted by molar-refractivity contribution is 7.89. The molecule has 58 heavy (non-hydrogen) atoms. The minimum Gasteiger partial charge on any atom is -0.484 e. The number of carbonyl (C=O) groups excluding carboxylic acids is 5. The maximum atomic E-state index is 13.4. The summed E-state index contributed by atoms with van der Waals surface area (Å²) in [5.74, 6) is -1.63. The first kappa shape index (κ1) is 43.9. The molecule has 2 saturated heterocycles. The molecule has 2 aromatic carbocycles. The maximum absolute atomic E-state index is 13.4. The van der Waals surface area contributed by atoms with Gasteiger partial charge in [-0.25, -0.2) is 22.7 Å². The highest BCUT2D eigenvalue weighted by atomic mass is 35.5. The van der Waals surface area contributed by atoms with Crippen LogP contribution in [0.1, 0.15) is 55.4 Å². The van der Waals surface area contributed by atoms with Crippen molar-refractivity contribution in [1.29, 1.82) is 5.26 Å². The standard InChI is InChI=1S/C37H50ClN11O8S/c1-22-20-48(13-11-42-22)31-16-28-23(18-39)14-24(38)15-29(28)34(31)57-26-4-6-27(7-5-26)58(55,56)47-25-8-12-49(21-25)33(51)17-30(35(41)52)46-37(54)44-10-3-2-9-43-36(53)45-19-32(40)50/h4-7,14-15,22,25,30-31,34,42,47H,2-3,8-13,16-17,19-21H2,1H3,(H2,40,50)(H2,41,52)(H2,43,45,53)(H2,44,46,54)/t22-,25+,30?,31+,34+/m1/s1. The smallest absolute Gasteiger partial charge is 0.315 e. The first-order chi connectivity index (χ1) is 27.6. The van der Waals surface area contributed by atoms with Crippen molar-refractivity contribution in [2.75, 3.05) is 52.4 Å². The van der Waals surface area contributed by atoms with Gasteiger partial charge in [-0.05, 0) is 80.1 Å². The molecule has 0 aromatic heterocycles. The van der Waals surface area contributed by atoms with Crippen molar-refractivity contribution in [1.82, 2.24) is 41.1 Å². The number of likely N-dealkylation sites (tertiary alicyclic amines) is 1. The zero-order valence-corrected chi connectivity index (χ0v) is 33.7. The Morgan fingerprint density at radius 2 is 1.72 bits per heavy atom. The Morgan fingerprint density at radius 1 is 1.02 bits per heavy atom. The molecular weight excluding hydrogens is 794 g/mol. The largest absolute Gasteiger partial charge is 0.484 e. The van der Waals surface area contributed by atoms with Crippen LogP contribution in [0.5, 0.6) is 5.75 Å². The van der Waals surface area contributed by atoms with Gasteiger partial charge < -0.3 is 47.7 Å². The summed E-state index contributed by atoms with van der Waals surface area (Å²) in [5, 5.41) is 23.5. The second kappa shape index (κ2) is 20.0. The van der Waals surface area contributed by atoms with Crippen LogP contribution >= 0.6 is 11.6 Å². The molecule has 0 spiro atoms. The number of nitrogens with zero attached hydrogens (tertiary/aromatic N) is 3. The fourth-order valence-electron chi connectivity index (χ4n) is 7.32. The van der Waals surface area contributed by atoms with Gasteiger partial charge in [0.2, 0.25) is 27.7 Å². The van der Waals surface area contributed by atoms with E-state index in [2.05, 4.69) is 49.2 Å². The molecule has 1 unspecified atom stereocenters. The molecule has 7 amide bonds. The molecule has 314 valence electrons. The molecule has 2 fully saturated rings. The number of nitrogens with one attached hydrogen (secondary N) is 6. The number of carbonyl (C=O) groups is 5. The van der Waals surface area contributed by atoms with Gasteiger partial charge in [0.15, 0.2) is 0 Å². The highest BCUT2D eigenvalue weighted by Crippen LogP contribution is 2.41. The molecule has 5 rings (SSSR count). The number of rotatable bonds is 17. The number of ether oxygens (including phenoxy) is 1. The lowest BCUT2D eigenvalue weighted by atomic mass is 10.0. The van der Waals surface area contributed by atoms with E-state index in [1.54, 1.807) is 18.2 Å². The van der Waals surface area contributed by atoms with Crippen molar-refractivity contribution in [2.24, 2.45) is 11.5 Å². The van der Waals surface area contributed by atoms with Crippen LogP contribution < -0.4 is 47.5 Å². The zero-order valence-electron chi connectivity index (χ0n) is 32.1. The van der Waals surface area contributed by atoms with Gasteiger partial charge in [0.25, 0.3) is 0 Å². The van der Waals surface area contributed by atoms with E-state index in [1.165, 1.54) is 17.0 Å². The van der Waals surface area contributed by atoms with Crippen LogP contribution in [0.25, 0.3) is 0 Å². The molecule has 2 heterocycles. The summed E-state index contributed by atoms with van der Waals surface area (Å²) >= 11 is 6.42. The predicted octanol–water partition coefficient (Wildman–Crippen LogP) is -0.463. The zero-order chi connectivity index (χ0) is 42.0. The number of unbranched alkanes of at least 4 members (excludes halogenated alkanes) is 1. The van der Waals surface area contributed by atoms with Gasteiger partial charge in [0.1, 0.15) is 17.9 Å². The number of urea groups is 2. The van der Waals surface area contributed by atoms with Crippen molar-refractivity contribution in [3.05, 3.63) is 58.1 Å². The molecule has 3 aliphatic rings. The highest BCUT2D eigenvalue weighted by Gasteiger charge is 2.41. The first-order valence-electron chi connectivity index (χ1n) is 19.0. The molecule has 0 saturated carbocycles. The number of primary amides is 2. The molecule has 10 N–H and O–H groups in total. The molecular formula is C37H50ClN11O8S. The Bertz CT molecular complexity index is 2000. The predicted molar refractivity (Wildman–Crippen MR) is 212 cm³/mol. The topological polar surface area (TPSA) is 283 Å². The van der Waals surface area contributed by atoms with Crippen molar-refractivity contribution in [3.8, 4) is 11.8 Å². The van der Waals surface area contributed by atoms with Gasteiger partial charge in [-0.1, -0.05) is 11.6 Å². The maximum Gasteiger partial charge on any atom is 0.315 e. The third kappa shape index (κ3) is 11.9. The van der Waals surface area contributed by atoms with Gasteiger partial charge in [0.05, 0.1) is 35.5 Å². The van der Waals surface area contributed by atoms with Gasteiger partial charge in [-0.3, -0.25) is 19.3 Å². The number of piperazine rings is 1. The lowest BCUT2D eigenvalue weighted by molar-refractivity contribution is -0.133. The Kier molecular flexibility index (Phi) is 15.1. The van der Waals surface area contributed by atoms with Gasteiger partial charge in [-0.2, -0.15) is 5.26 Å². The first-order valence-corrected chi connectivity index (χ1v) is 20.9. The molecule has 1 aliphatic carbocycles. The van der Waals surface area contributed by atoms with E-state index in [1.807, 2.05) is 6.07 Å². The lowest BCUT2D eigenvalue weighted by Gasteiger charge is -2.38. The van der Waals surface area contributed by atoms with Crippen LogP contribution in [-0.2, 0) is 30.8 Å². The van der Waals surface area contributed by atoms with Crippen molar-refractivity contribution >= 4 is 51.4 Å². The summed E-state index contributed by atoms with van der Waals surface area (Å²) in [5.41, 5.74) is 12.7. The van der Waals surface area contributed by atoms with Crippen LogP contribution in [0.3, 0.4) is 0 Å². The van der Waals surface area contributed by atoms with E-state index in [0.717, 1.165) is 30.8 Å². The second-order valence-corrected chi connectivity index (χ2v) is 16.7. The third-order valence-corrected chi connectivity index (χ3v) is 11.9. The summed E-state index contributed by atoms with van der Waals surface area (Å²) in [6.45, 7) is 4.99. The number of nitrogens with two attached hydrogens (primary N) is 2. The number of amides is 7. The van der Waals surface area contributed by atoms with Crippen molar-refractivity contribution < 1.29 is 37.1 Å². The summed E-state index contributed by atoms with van der Waals surface area (Å²) < 4.78 is 36.1. The second-order valence-electron chi connectivity index (χ2n) is 14.6. The Balaban J connectivity index is 1.10. The Hall–Kier alpha value is -5.20. The Morgan fingerprint density at radius 3 is 2.38 bits per heavy atom. The number of halogens is 1. The number of nitriles is 1. The van der Waals surface area contributed by atoms with Crippen LogP contribution in [0.15, 0.2) is 41.3 Å². The summed E-state index contributed by atoms with van der Waals surface area (Å²) in [7, 11) is -4.00. The molecule has 21 heteroatoms. The molecule has 2 aliphatic heterocycles. The van der Waals surface area contributed by atoms with Crippen LogP contribution in [0.4, 0.5) is 9.59 Å². The number of fused-ring (bicyclic) bond motifs is 1. The minimum atomic E-state index is -4.00. The number of hydrogen-bond donors (Lipinski definition) is 8. The average Bonchev–Trinajstić information content (AvgIpc) is 3.79. The average molecular weight is 844 g/mol. The normalized spacial score (nSPS) is 20.9. The van der Waals surface area contributed by atoms with Crippen molar-refractivity contribution in [3.63, 3.8) is 0 Å². The molecule has 19 nitrogen and oxygen atoms in total. The number of sulfonamides is 1. The van der Waals surface area contributed by atoms with E-state index in [4.69, 9.17) is 27.8 Å². The minimum absolute atomic E-state index is 0.00436. The van der Waals surface area contributed by atoms with Gasteiger partial charge in [-0.15, -0.1) is 0 Å². The molecule has 5 atom stereocenters. The number of benzene rings is 2. The summed E-state index contributed by atoms with van der Waals surface area (Å²) in [6, 6.07) is 8.88. The van der Waals surface area contributed by atoms with Crippen LogP contribution in [0, 0.1) is 11.3 Å². The molecule has 2 aromatic rings. The third-order valence-electron chi connectivity index (χ3n) is 10.2. The monoisotopic (exact) mass is 843 g/mol. The van der Waals surface area contributed by atoms with E-state index in [0.29, 0.717) is 42.0 Å². The van der Waals surface area contributed by atoms with E-state index in [-0.39, 0.29) is 49.7 Å². The van der Waals surface area contributed by atoms with Crippen LogP contribution in [-0.4, -0.2) is 125 Å². The van der Waals surface area contributed by atoms with Gasteiger partial charge >= 0.3 is 12.1 Å². The van der Waals surface area contributed by atoms with Crippen LogP contribution in [0.2, 0.25) is 5.02 Å². The summed E-state index contributed by atoms with van der Waals surface area (Å²) in [4.78, 5) is 63.6. The fraction of sp³-hybridized carbons (Fsp3) is 0.514. The summed E-state index contributed by atoms with van der Waals surface area (Å²) in [6.07, 6.45) is 1.05. The quantitative estimate of drug-likeness (QED) is 0.0944. The van der Waals surface area contributed by atoms with E-state index < -0.39 is 64.4 Å².